The number of carbonyl (C=O) groups excluding carboxylic acids is 1. The molecule has 2 aromatic heterocycles. The number of halogens is 2. The van der Waals surface area contributed by atoms with Crippen LogP contribution in [0, 0.1) is 6.01 Å². The van der Waals surface area contributed by atoms with Gasteiger partial charge < -0.3 is 18.8 Å². The van der Waals surface area contributed by atoms with Gasteiger partial charge in [0.05, 0.1) is 5.02 Å². The van der Waals surface area contributed by atoms with Gasteiger partial charge in [0, 0.05) is 41.9 Å². The molecule has 1 amide bonds. The number of hydrogen-bond acceptors (Lipinski definition) is 5. The molecule has 170 valence electrons. The Bertz CT molecular complexity index is 1120. The molecule has 32 heavy (non-hydrogen) atoms. The van der Waals surface area contributed by atoms with Crippen molar-refractivity contribution in [3.8, 4) is 5.88 Å². The van der Waals surface area contributed by atoms with Crippen molar-refractivity contribution in [3.63, 3.8) is 0 Å². The second-order valence-electron chi connectivity index (χ2n) is 8.93. The minimum Gasteiger partial charge on any atom is -0.472 e. The SMILES string of the molecule is CC(C)(C)OC(=O)N1CCC(c2cccnc2OCc2ccc(Cl)c3cc(F)oc23)CC1. The number of likely N-dealkylation sites (tertiary alicyclic amines) is 1. The van der Waals surface area contributed by atoms with Crippen LogP contribution in [0.1, 0.15) is 50.7 Å². The highest BCUT2D eigenvalue weighted by atomic mass is 35.5. The Hall–Kier alpha value is -2.80. The molecule has 1 aliphatic rings. The van der Waals surface area contributed by atoms with Crippen LogP contribution >= 0.6 is 11.6 Å². The molecule has 1 aromatic carbocycles. The fraction of sp³-hybridized carbons (Fsp3) is 0.417. The van der Waals surface area contributed by atoms with Crippen molar-refractivity contribution in [2.45, 2.75) is 51.7 Å². The van der Waals surface area contributed by atoms with Crippen molar-refractivity contribution in [2.75, 3.05) is 13.1 Å². The second kappa shape index (κ2) is 8.98. The number of aromatic nitrogens is 1. The van der Waals surface area contributed by atoms with Gasteiger partial charge in [-0.25, -0.2) is 9.78 Å². The minimum atomic E-state index is -0.690. The van der Waals surface area contributed by atoms with E-state index in [1.54, 1.807) is 23.2 Å². The zero-order chi connectivity index (χ0) is 22.9. The molecule has 0 spiro atoms. The maximum atomic E-state index is 13.6. The van der Waals surface area contributed by atoms with Crippen LogP contribution in [0.25, 0.3) is 11.0 Å². The van der Waals surface area contributed by atoms with Gasteiger partial charge >= 0.3 is 6.09 Å². The molecule has 1 fully saturated rings. The Morgan fingerprint density at radius 2 is 2.03 bits per heavy atom. The third-order valence-corrected chi connectivity index (χ3v) is 5.76. The summed E-state index contributed by atoms with van der Waals surface area (Å²) in [6.45, 7) is 6.98. The molecule has 8 heteroatoms. The Kier molecular flexibility index (Phi) is 6.29. The number of amides is 1. The standard InChI is InChI=1S/C24H26ClFN2O4/c1-24(2,3)32-23(29)28-11-8-15(9-12-28)17-5-4-10-27-22(17)30-14-16-6-7-19(25)18-13-20(26)31-21(16)18/h4-7,10,13,15H,8-9,11-12,14H2,1-3H3. The first-order valence-corrected chi connectivity index (χ1v) is 11.0. The summed E-state index contributed by atoms with van der Waals surface area (Å²) in [5, 5.41) is 0.938. The van der Waals surface area contributed by atoms with Gasteiger partial charge in [0.2, 0.25) is 5.88 Å². The van der Waals surface area contributed by atoms with Crippen LogP contribution in [0.5, 0.6) is 5.88 Å². The molecular weight excluding hydrogens is 435 g/mol. The smallest absolute Gasteiger partial charge is 0.410 e. The molecule has 6 nitrogen and oxygen atoms in total. The number of fused-ring (bicyclic) bond motifs is 1. The zero-order valence-corrected chi connectivity index (χ0v) is 19.1. The Morgan fingerprint density at radius 3 is 2.75 bits per heavy atom. The molecule has 1 saturated heterocycles. The lowest BCUT2D eigenvalue weighted by Gasteiger charge is -2.33. The van der Waals surface area contributed by atoms with Crippen LogP contribution in [0.2, 0.25) is 5.02 Å². The summed E-state index contributed by atoms with van der Waals surface area (Å²) in [6, 6.07) is 7.92. The molecule has 0 bridgehead atoms. The molecule has 0 aliphatic carbocycles. The molecule has 0 saturated carbocycles. The monoisotopic (exact) mass is 460 g/mol. The first-order chi connectivity index (χ1) is 15.2. The number of carbonyl (C=O) groups is 1. The maximum absolute atomic E-state index is 13.6. The topological polar surface area (TPSA) is 64.8 Å². The van der Waals surface area contributed by atoms with E-state index in [-0.39, 0.29) is 18.6 Å². The predicted octanol–water partition coefficient (Wildman–Crippen LogP) is 6.31. The summed E-state index contributed by atoms with van der Waals surface area (Å²) in [6.07, 6.45) is 2.97. The highest BCUT2D eigenvalue weighted by molar-refractivity contribution is 6.35. The maximum Gasteiger partial charge on any atom is 0.410 e. The fourth-order valence-electron chi connectivity index (χ4n) is 3.91. The van der Waals surface area contributed by atoms with Crippen molar-refractivity contribution in [2.24, 2.45) is 0 Å². The summed E-state index contributed by atoms with van der Waals surface area (Å²) in [7, 11) is 0. The van der Waals surface area contributed by atoms with Crippen molar-refractivity contribution < 1.29 is 23.1 Å². The number of piperidine rings is 1. The first-order valence-electron chi connectivity index (χ1n) is 10.6. The number of benzene rings is 1. The molecular formula is C24H26ClFN2O4. The predicted molar refractivity (Wildman–Crippen MR) is 120 cm³/mol. The van der Waals surface area contributed by atoms with Gasteiger partial charge in [0.1, 0.15) is 17.8 Å². The normalized spacial score (nSPS) is 15.2. The Morgan fingerprint density at radius 1 is 1.28 bits per heavy atom. The lowest BCUT2D eigenvalue weighted by molar-refractivity contribution is 0.0204. The molecule has 0 radical (unpaired) electrons. The molecule has 3 aromatic rings. The molecule has 1 aliphatic heterocycles. The van der Waals surface area contributed by atoms with Crippen LogP contribution in [0.3, 0.4) is 0 Å². The van der Waals surface area contributed by atoms with Crippen LogP contribution < -0.4 is 4.74 Å². The summed E-state index contributed by atoms with van der Waals surface area (Å²) in [5.74, 6) is 0.738. The largest absolute Gasteiger partial charge is 0.472 e. The zero-order valence-electron chi connectivity index (χ0n) is 18.4. The summed E-state index contributed by atoms with van der Waals surface area (Å²) >= 11 is 6.14. The van der Waals surface area contributed by atoms with Crippen molar-refractivity contribution in [1.29, 1.82) is 0 Å². The van der Waals surface area contributed by atoms with Gasteiger partial charge in [-0.1, -0.05) is 23.7 Å². The molecule has 3 heterocycles. The average Bonchev–Trinajstić information content (AvgIpc) is 3.15. The number of nitrogens with zero attached hydrogens (tertiary/aromatic N) is 2. The molecule has 0 unspecified atom stereocenters. The lowest BCUT2D eigenvalue weighted by Crippen LogP contribution is -2.41. The van der Waals surface area contributed by atoms with Gasteiger partial charge in [-0.3, -0.25) is 0 Å². The number of pyridine rings is 1. The van der Waals surface area contributed by atoms with E-state index in [1.165, 1.54) is 6.07 Å². The van der Waals surface area contributed by atoms with Crippen molar-refractivity contribution in [3.05, 3.63) is 58.7 Å². The van der Waals surface area contributed by atoms with E-state index >= 15 is 0 Å². The number of ether oxygens (including phenoxy) is 2. The first kappa shape index (κ1) is 22.4. The van der Waals surface area contributed by atoms with Gasteiger partial charge in [-0.15, -0.1) is 0 Å². The van der Waals surface area contributed by atoms with E-state index in [2.05, 4.69) is 4.98 Å². The number of hydrogen-bond donors (Lipinski definition) is 0. The van der Waals surface area contributed by atoms with E-state index < -0.39 is 11.6 Å². The van der Waals surface area contributed by atoms with Gasteiger partial charge in [0.25, 0.3) is 6.01 Å². The second-order valence-corrected chi connectivity index (χ2v) is 9.34. The molecule has 4 rings (SSSR count). The summed E-state index contributed by atoms with van der Waals surface area (Å²) < 4.78 is 30.3. The fourth-order valence-corrected chi connectivity index (χ4v) is 4.11. The number of furan rings is 1. The van der Waals surface area contributed by atoms with Crippen LogP contribution in [0.15, 0.2) is 40.9 Å². The summed E-state index contributed by atoms with van der Waals surface area (Å²) in [5.41, 5.74) is 1.54. The van der Waals surface area contributed by atoms with Crippen LogP contribution in [-0.4, -0.2) is 34.7 Å². The lowest BCUT2D eigenvalue weighted by atomic mass is 9.90. The van der Waals surface area contributed by atoms with Crippen molar-refractivity contribution in [1.82, 2.24) is 9.88 Å². The summed E-state index contributed by atoms with van der Waals surface area (Å²) in [4.78, 5) is 18.5. The molecule has 0 atom stereocenters. The van der Waals surface area contributed by atoms with Crippen LogP contribution in [-0.2, 0) is 11.3 Å². The Balaban J connectivity index is 1.44. The molecule has 0 N–H and O–H groups in total. The highest BCUT2D eigenvalue weighted by Crippen LogP contribution is 2.35. The number of rotatable bonds is 4. The van der Waals surface area contributed by atoms with Gasteiger partial charge in [-0.05, 0) is 51.7 Å². The van der Waals surface area contributed by atoms with Crippen molar-refractivity contribution >= 4 is 28.7 Å². The van der Waals surface area contributed by atoms with E-state index in [1.807, 2.05) is 32.9 Å². The van der Waals surface area contributed by atoms with E-state index in [0.717, 1.165) is 18.4 Å². The third-order valence-electron chi connectivity index (χ3n) is 5.43. The van der Waals surface area contributed by atoms with E-state index in [9.17, 15) is 9.18 Å². The van der Waals surface area contributed by atoms with Gasteiger partial charge in [-0.2, -0.15) is 4.39 Å². The highest BCUT2D eigenvalue weighted by Gasteiger charge is 2.29. The van der Waals surface area contributed by atoms with E-state index in [0.29, 0.717) is 40.5 Å². The minimum absolute atomic E-state index is 0.168. The van der Waals surface area contributed by atoms with E-state index in [4.69, 9.17) is 25.5 Å². The average molecular weight is 461 g/mol. The Labute approximate surface area is 191 Å². The van der Waals surface area contributed by atoms with Crippen LogP contribution in [0.4, 0.5) is 9.18 Å². The quantitative estimate of drug-likeness (QED) is 0.456. The third kappa shape index (κ3) is 4.99. The van der Waals surface area contributed by atoms with Gasteiger partial charge in [0.15, 0.2) is 0 Å².